The predicted molar refractivity (Wildman–Crippen MR) is 195 cm³/mol. The summed E-state index contributed by atoms with van der Waals surface area (Å²) in [5.74, 6) is -3.13. The normalized spacial score (nSPS) is 12.7. The van der Waals surface area contributed by atoms with Gasteiger partial charge in [0.05, 0.1) is 0 Å². The van der Waals surface area contributed by atoms with Crippen molar-refractivity contribution in [2.75, 3.05) is 19.6 Å². The van der Waals surface area contributed by atoms with E-state index in [9.17, 15) is 24.3 Å². The number of amides is 3. The Morgan fingerprint density at radius 3 is 1.41 bits per heavy atom. The summed E-state index contributed by atoms with van der Waals surface area (Å²) in [7, 11) is 0. The number of carbonyl (C=O) groups excluding carboxylic acids is 3. The molecule has 3 atom stereocenters. The van der Waals surface area contributed by atoms with Crippen LogP contribution in [-0.2, 0) is 19.2 Å². The topological polar surface area (TPSA) is 274 Å². The lowest BCUT2D eigenvalue weighted by atomic mass is 10.0. The van der Waals surface area contributed by atoms with Crippen LogP contribution >= 0.6 is 0 Å². The molecule has 0 rings (SSSR count). The van der Waals surface area contributed by atoms with Crippen LogP contribution in [0.2, 0.25) is 0 Å². The highest BCUT2D eigenvalue weighted by molar-refractivity contribution is 5.93. The van der Waals surface area contributed by atoms with Crippen molar-refractivity contribution in [1.29, 1.82) is 10.8 Å². The molecule has 0 aliphatic carbocycles. The SMILES string of the molecule is CCCCCCCCCCCCCCCC(=O)N[C@@H](CCCNC(=N)N)C(=O)N[C@@H](CCCNC(=N)N)C(=O)N[C@@H](CCCCN)C(=O)O. The average Bonchev–Trinajstić information content (AvgIpc) is 3.05. The predicted octanol–water partition coefficient (Wildman–Crippen LogP) is 2.66. The van der Waals surface area contributed by atoms with Crippen LogP contribution in [0.3, 0.4) is 0 Å². The van der Waals surface area contributed by atoms with Crippen molar-refractivity contribution in [3.8, 4) is 0 Å². The van der Waals surface area contributed by atoms with Crippen LogP contribution in [-0.4, -0.2) is 78.5 Å². The van der Waals surface area contributed by atoms with Crippen molar-refractivity contribution >= 4 is 35.6 Å². The molecule has 3 amide bonds. The molecule has 15 nitrogen and oxygen atoms in total. The third kappa shape index (κ3) is 27.0. The summed E-state index contributed by atoms with van der Waals surface area (Å²) >= 11 is 0. The van der Waals surface area contributed by atoms with Crippen LogP contribution in [0.1, 0.15) is 142 Å². The highest BCUT2D eigenvalue weighted by atomic mass is 16.4. The molecule has 49 heavy (non-hydrogen) atoms. The molecule has 0 radical (unpaired) electrons. The summed E-state index contributed by atoms with van der Waals surface area (Å²) in [4.78, 5) is 51.4. The van der Waals surface area contributed by atoms with Gasteiger partial charge in [-0.15, -0.1) is 0 Å². The molecule has 0 aromatic heterocycles. The van der Waals surface area contributed by atoms with Crippen LogP contribution in [0.15, 0.2) is 0 Å². The number of guanidine groups is 2. The van der Waals surface area contributed by atoms with E-state index in [-0.39, 0.29) is 50.1 Å². The third-order valence-electron chi connectivity index (χ3n) is 8.32. The summed E-state index contributed by atoms with van der Waals surface area (Å²) in [5, 5.41) is 37.7. The van der Waals surface area contributed by atoms with E-state index in [4.69, 9.17) is 28.0 Å². The first-order valence-corrected chi connectivity index (χ1v) is 18.5. The fourth-order valence-corrected chi connectivity index (χ4v) is 5.46. The zero-order valence-electron chi connectivity index (χ0n) is 30.0. The Balaban J connectivity index is 5.12. The molecule has 0 aromatic rings. The van der Waals surface area contributed by atoms with E-state index in [0.29, 0.717) is 45.2 Å². The zero-order chi connectivity index (χ0) is 36.7. The van der Waals surface area contributed by atoms with Crippen molar-refractivity contribution in [2.24, 2.45) is 17.2 Å². The van der Waals surface area contributed by atoms with Crippen molar-refractivity contribution in [3.63, 3.8) is 0 Å². The lowest BCUT2D eigenvalue weighted by molar-refractivity contribution is -0.142. The molecule has 15 heteroatoms. The summed E-state index contributed by atoms with van der Waals surface area (Å²) in [6.07, 6.45) is 18.2. The van der Waals surface area contributed by atoms with Gasteiger partial charge in [-0.2, -0.15) is 0 Å². The van der Waals surface area contributed by atoms with E-state index in [2.05, 4.69) is 33.5 Å². The van der Waals surface area contributed by atoms with Gasteiger partial charge in [0.1, 0.15) is 18.1 Å². The second-order valence-electron chi connectivity index (χ2n) is 12.8. The number of carboxylic acids is 1. The van der Waals surface area contributed by atoms with Gasteiger partial charge in [0, 0.05) is 19.5 Å². The molecular weight excluding hydrogens is 628 g/mol. The number of aliphatic carboxylic acids is 1. The van der Waals surface area contributed by atoms with E-state index in [0.717, 1.165) is 19.3 Å². The number of unbranched alkanes of at least 4 members (excludes halogenated alkanes) is 13. The first-order chi connectivity index (χ1) is 23.5. The minimum atomic E-state index is -1.19. The highest BCUT2D eigenvalue weighted by Crippen LogP contribution is 2.13. The Hall–Kier alpha value is -3.62. The van der Waals surface area contributed by atoms with Crippen LogP contribution in [0.4, 0.5) is 0 Å². The molecule has 0 saturated heterocycles. The molecule has 0 unspecified atom stereocenters. The van der Waals surface area contributed by atoms with Crippen LogP contribution in [0, 0.1) is 10.8 Å². The van der Waals surface area contributed by atoms with E-state index < -0.39 is 35.9 Å². The van der Waals surface area contributed by atoms with Gasteiger partial charge in [-0.05, 0) is 57.9 Å². The zero-order valence-corrected chi connectivity index (χ0v) is 30.0. The number of nitrogens with two attached hydrogens (primary N) is 3. The molecule has 0 heterocycles. The van der Waals surface area contributed by atoms with Crippen molar-refractivity contribution in [3.05, 3.63) is 0 Å². The Morgan fingerprint density at radius 1 is 0.571 bits per heavy atom. The van der Waals surface area contributed by atoms with Gasteiger partial charge in [0.25, 0.3) is 0 Å². The maximum Gasteiger partial charge on any atom is 0.326 e. The lowest BCUT2D eigenvalue weighted by Crippen LogP contribution is -2.56. The van der Waals surface area contributed by atoms with Gasteiger partial charge >= 0.3 is 5.97 Å². The van der Waals surface area contributed by atoms with Gasteiger partial charge in [-0.25, -0.2) is 4.79 Å². The number of rotatable bonds is 32. The van der Waals surface area contributed by atoms with E-state index in [1.54, 1.807) is 0 Å². The fourth-order valence-electron chi connectivity index (χ4n) is 5.46. The largest absolute Gasteiger partial charge is 0.480 e. The highest BCUT2D eigenvalue weighted by Gasteiger charge is 2.29. The van der Waals surface area contributed by atoms with Gasteiger partial charge in [-0.1, -0.05) is 84.0 Å². The minimum Gasteiger partial charge on any atom is -0.480 e. The van der Waals surface area contributed by atoms with Crippen molar-refractivity contribution in [1.82, 2.24) is 26.6 Å². The number of carboxylic acid groups (broad SMARTS) is 1. The fraction of sp³-hybridized carbons (Fsp3) is 0.824. The van der Waals surface area contributed by atoms with E-state index in [1.807, 2.05) is 0 Å². The molecule has 0 saturated carbocycles. The summed E-state index contributed by atoms with van der Waals surface area (Å²) in [6.45, 7) is 3.22. The van der Waals surface area contributed by atoms with Crippen molar-refractivity contribution in [2.45, 2.75) is 160 Å². The van der Waals surface area contributed by atoms with Crippen molar-refractivity contribution < 1.29 is 24.3 Å². The second-order valence-corrected chi connectivity index (χ2v) is 12.8. The number of nitrogens with one attached hydrogen (secondary N) is 7. The third-order valence-corrected chi connectivity index (χ3v) is 8.32. The molecule has 0 aliphatic heterocycles. The first kappa shape index (κ1) is 45.4. The van der Waals surface area contributed by atoms with Gasteiger partial charge in [0.2, 0.25) is 17.7 Å². The lowest BCUT2D eigenvalue weighted by Gasteiger charge is -2.25. The molecule has 14 N–H and O–H groups in total. The second kappa shape index (κ2) is 30.4. The van der Waals surface area contributed by atoms with Gasteiger partial charge < -0.3 is 48.9 Å². The number of hydrogen-bond donors (Lipinski definition) is 11. The molecule has 0 aromatic carbocycles. The number of hydrogen-bond acceptors (Lipinski definition) is 7. The van der Waals surface area contributed by atoms with E-state index in [1.165, 1.54) is 57.8 Å². The molecular formula is C34H68N10O5. The molecule has 284 valence electrons. The molecule has 0 bridgehead atoms. The molecule has 0 spiro atoms. The average molecular weight is 697 g/mol. The quantitative estimate of drug-likeness (QED) is 0.0278. The Bertz CT molecular complexity index is 952. The van der Waals surface area contributed by atoms with Gasteiger partial charge in [0.15, 0.2) is 11.9 Å². The maximum absolute atomic E-state index is 13.5. The van der Waals surface area contributed by atoms with Crippen LogP contribution in [0.25, 0.3) is 0 Å². The Kier molecular flexibility index (Phi) is 28.2. The summed E-state index contributed by atoms with van der Waals surface area (Å²) in [6, 6.07) is -3.19. The van der Waals surface area contributed by atoms with Gasteiger partial charge in [-0.3, -0.25) is 25.2 Å². The smallest absolute Gasteiger partial charge is 0.326 e. The first-order valence-electron chi connectivity index (χ1n) is 18.5. The Labute approximate surface area is 293 Å². The summed E-state index contributed by atoms with van der Waals surface area (Å²) in [5.41, 5.74) is 16.2. The van der Waals surface area contributed by atoms with Crippen LogP contribution in [0.5, 0.6) is 0 Å². The molecule has 0 fully saturated rings. The summed E-state index contributed by atoms with van der Waals surface area (Å²) < 4.78 is 0. The van der Waals surface area contributed by atoms with E-state index >= 15 is 0 Å². The molecule has 0 aliphatic rings. The van der Waals surface area contributed by atoms with Crippen LogP contribution < -0.4 is 43.8 Å². The Morgan fingerprint density at radius 2 is 0.980 bits per heavy atom. The standard InChI is InChI=1S/C34H68N10O5/c1-2-3-4-5-6-7-8-9-10-11-12-13-14-22-29(45)42-26(20-17-24-40-33(36)37)30(46)43-27(21-18-25-41-34(38)39)31(47)44-28(32(48)49)19-15-16-23-35/h26-28H,2-25,35H2,1H3,(H,42,45)(H,43,46)(H,44,47)(H,48,49)(H4,36,37,40)(H4,38,39,41)/t26-,27-,28-/m0/s1. The minimum absolute atomic E-state index is 0.137. The monoisotopic (exact) mass is 697 g/mol. The number of carbonyl (C=O) groups is 4. The maximum atomic E-state index is 13.5.